The fourth-order valence-electron chi connectivity index (χ4n) is 1.82. The molecule has 1 aromatic heterocycles. The van der Waals surface area contributed by atoms with Gasteiger partial charge in [-0.25, -0.2) is 0 Å². The molecule has 2 N–H and O–H groups in total. The number of carbonyl (C=O) groups excluding carboxylic acids is 2. The normalized spacial score (nSPS) is 10.1. The fourth-order valence-corrected chi connectivity index (χ4v) is 2.44. The molecule has 5 heteroatoms. The first-order chi connectivity index (χ1) is 10.2. The van der Waals surface area contributed by atoms with Crippen molar-refractivity contribution in [3.8, 4) is 0 Å². The average Bonchev–Trinajstić information content (AvgIpc) is 3.02. The molecule has 0 unspecified atom stereocenters. The first kappa shape index (κ1) is 15.3. The molecule has 0 spiro atoms. The van der Waals surface area contributed by atoms with Crippen LogP contribution in [0.1, 0.15) is 39.8 Å². The van der Waals surface area contributed by atoms with E-state index in [1.165, 1.54) is 11.3 Å². The second kappa shape index (κ2) is 7.59. The highest BCUT2D eigenvalue weighted by Crippen LogP contribution is 2.15. The van der Waals surface area contributed by atoms with Crippen LogP contribution in [0.3, 0.4) is 0 Å². The molecule has 2 aromatic rings. The molecule has 0 saturated carbocycles. The zero-order chi connectivity index (χ0) is 15.1. The number of rotatable bonds is 6. The zero-order valence-corrected chi connectivity index (χ0v) is 12.7. The van der Waals surface area contributed by atoms with Crippen LogP contribution in [0.4, 0.5) is 5.69 Å². The number of carbonyl (C=O) groups is 2. The Labute approximate surface area is 128 Å². The van der Waals surface area contributed by atoms with Crippen LogP contribution in [0.5, 0.6) is 0 Å². The Morgan fingerprint density at radius 1 is 1.14 bits per heavy atom. The Morgan fingerprint density at radius 2 is 2.00 bits per heavy atom. The van der Waals surface area contributed by atoms with Gasteiger partial charge < -0.3 is 10.6 Å². The fraction of sp³-hybridized carbons (Fsp3) is 0.250. The molecule has 21 heavy (non-hydrogen) atoms. The van der Waals surface area contributed by atoms with Crippen LogP contribution in [0.15, 0.2) is 41.8 Å². The van der Waals surface area contributed by atoms with Crippen molar-refractivity contribution in [2.75, 3.05) is 11.9 Å². The highest BCUT2D eigenvalue weighted by molar-refractivity contribution is 7.12. The van der Waals surface area contributed by atoms with Gasteiger partial charge in [0.05, 0.1) is 4.88 Å². The van der Waals surface area contributed by atoms with Crippen LogP contribution >= 0.6 is 11.3 Å². The summed E-state index contributed by atoms with van der Waals surface area (Å²) in [4.78, 5) is 24.6. The van der Waals surface area contributed by atoms with E-state index < -0.39 is 0 Å². The van der Waals surface area contributed by atoms with Gasteiger partial charge in [0.25, 0.3) is 11.8 Å². The summed E-state index contributed by atoms with van der Waals surface area (Å²) in [6, 6.07) is 10.6. The second-order valence-electron chi connectivity index (χ2n) is 4.62. The summed E-state index contributed by atoms with van der Waals surface area (Å²) in [7, 11) is 0. The maximum Gasteiger partial charge on any atom is 0.265 e. The maximum atomic E-state index is 12.0. The molecule has 0 atom stereocenters. The van der Waals surface area contributed by atoms with E-state index in [-0.39, 0.29) is 11.8 Å². The number of unbranched alkanes of at least 4 members (excludes halogenated alkanes) is 1. The van der Waals surface area contributed by atoms with Crippen molar-refractivity contribution in [1.29, 1.82) is 0 Å². The molecule has 1 heterocycles. The van der Waals surface area contributed by atoms with Crippen LogP contribution in [0.25, 0.3) is 0 Å². The van der Waals surface area contributed by atoms with Crippen LogP contribution in [0, 0.1) is 0 Å². The van der Waals surface area contributed by atoms with Gasteiger partial charge in [0.15, 0.2) is 0 Å². The molecule has 0 bridgehead atoms. The van der Waals surface area contributed by atoms with Gasteiger partial charge >= 0.3 is 0 Å². The van der Waals surface area contributed by atoms with Gasteiger partial charge in [-0.05, 0) is 36.1 Å². The highest BCUT2D eigenvalue weighted by atomic mass is 32.1. The van der Waals surface area contributed by atoms with Crippen LogP contribution in [0.2, 0.25) is 0 Å². The lowest BCUT2D eigenvalue weighted by Gasteiger charge is -2.07. The second-order valence-corrected chi connectivity index (χ2v) is 5.57. The third-order valence-corrected chi connectivity index (χ3v) is 3.81. The van der Waals surface area contributed by atoms with Gasteiger partial charge in [-0.15, -0.1) is 11.3 Å². The molecule has 4 nitrogen and oxygen atoms in total. The Bertz CT molecular complexity index is 608. The Balaban J connectivity index is 2.00. The topological polar surface area (TPSA) is 58.2 Å². The van der Waals surface area contributed by atoms with E-state index >= 15 is 0 Å². The summed E-state index contributed by atoms with van der Waals surface area (Å²) in [6.07, 6.45) is 2.00. The smallest absolute Gasteiger partial charge is 0.265 e. The van der Waals surface area contributed by atoms with Crippen LogP contribution < -0.4 is 10.6 Å². The molecule has 0 aliphatic rings. The van der Waals surface area contributed by atoms with Crippen molar-refractivity contribution in [1.82, 2.24) is 5.32 Å². The molecule has 0 aliphatic carbocycles. The van der Waals surface area contributed by atoms with Crippen LogP contribution in [-0.2, 0) is 0 Å². The first-order valence-corrected chi connectivity index (χ1v) is 7.82. The predicted octanol–water partition coefficient (Wildman–Crippen LogP) is 3.53. The molecule has 0 radical (unpaired) electrons. The van der Waals surface area contributed by atoms with Crippen molar-refractivity contribution in [2.24, 2.45) is 0 Å². The van der Waals surface area contributed by atoms with E-state index in [4.69, 9.17) is 0 Å². The van der Waals surface area contributed by atoms with Gasteiger partial charge in [0.1, 0.15) is 0 Å². The van der Waals surface area contributed by atoms with Gasteiger partial charge in [-0.2, -0.15) is 0 Å². The Kier molecular flexibility index (Phi) is 5.51. The average molecular weight is 302 g/mol. The number of amides is 2. The Hall–Kier alpha value is -2.14. The monoisotopic (exact) mass is 302 g/mol. The molecule has 2 rings (SSSR count). The lowest BCUT2D eigenvalue weighted by molar-refractivity contribution is 0.0951. The summed E-state index contributed by atoms with van der Waals surface area (Å²) in [6.45, 7) is 2.74. The summed E-state index contributed by atoms with van der Waals surface area (Å²) in [5.41, 5.74) is 1.17. The van der Waals surface area contributed by atoms with Gasteiger partial charge in [0, 0.05) is 17.8 Å². The van der Waals surface area contributed by atoms with E-state index in [2.05, 4.69) is 17.6 Å². The van der Waals surface area contributed by atoms with E-state index in [0.29, 0.717) is 22.7 Å². The SMILES string of the molecule is CCCCNC(=O)c1cccc(NC(=O)c2cccs2)c1. The molecule has 0 saturated heterocycles. The quantitative estimate of drug-likeness (QED) is 0.802. The number of benzene rings is 1. The van der Waals surface area contributed by atoms with Crippen molar-refractivity contribution in [2.45, 2.75) is 19.8 Å². The molecule has 2 amide bonds. The minimum absolute atomic E-state index is 0.115. The van der Waals surface area contributed by atoms with Crippen molar-refractivity contribution in [3.05, 3.63) is 52.2 Å². The van der Waals surface area contributed by atoms with Crippen molar-refractivity contribution in [3.63, 3.8) is 0 Å². The van der Waals surface area contributed by atoms with Gasteiger partial charge in [-0.1, -0.05) is 25.5 Å². The molecule has 0 fully saturated rings. The van der Waals surface area contributed by atoms with Gasteiger partial charge in [-0.3, -0.25) is 9.59 Å². The number of hydrogen-bond acceptors (Lipinski definition) is 3. The summed E-state index contributed by atoms with van der Waals surface area (Å²) >= 11 is 1.38. The largest absolute Gasteiger partial charge is 0.352 e. The van der Waals surface area contributed by atoms with Gasteiger partial charge in [0.2, 0.25) is 0 Å². The molecule has 110 valence electrons. The third kappa shape index (κ3) is 4.43. The number of thiophene rings is 1. The first-order valence-electron chi connectivity index (χ1n) is 6.94. The summed E-state index contributed by atoms with van der Waals surface area (Å²) in [5, 5.41) is 7.51. The van der Waals surface area contributed by atoms with E-state index in [9.17, 15) is 9.59 Å². The van der Waals surface area contributed by atoms with Crippen molar-refractivity contribution < 1.29 is 9.59 Å². The number of hydrogen-bond donors (Lipinski definition) is 2. The van der Waals surface area contributed by atoms with Crippen molar-refractivity contribution >= 4 is 28.8 Å². The molecule has 0 aliphatic heterocycles. The Morgan fingerprint density at radius 3 is 2.71 bits per heavy atom. The molecule has 1 aromatic carbocycles. The van der Waals surface area contributed by atoms with E-state index in [1.807, 2.05) is 11.4 Å². The summed E-state index contributed by atoms with van der Waals surface area (Å²) in [5.74, 6) is -0.274. The maximum absolute atomic E-state index is 12.0. The lowest BCUT2D eigenvalue weighted by Crippen LogP contribution is -2.24. The van der Waals surface area contributed by atoms with Crippen LogP contribution in [-0.4, -0.2) is 18.4 Å². The lowest BCUT2D eigenvalue weighted by atomic mass is 10.2. The summed E-state index contributed by atoms with van der Waals surface area (Å²) < 4.78 is 0. The third-order valence-electron chi connectivity index (χ3n) is 2.94. The number of anilines is 1. The number of nitrogens with one attached hydrogen (secondary N) is 2. The highest BCUT2D eigenvalue weighted by Gasteiger charge is 2.09. The standard InChI is InChI=1S/C16H18N2O2S/c1-2-3-9-17-15(19)12-6-4-7-13(11-12)18-16(20)14-8-5-10-21-14/h4-8,10-11H,2-3,9H2,1H3,(H,17,19)(H,18,20). The minimum Gasteiger partial charge on any atom is -0.352 e. The van der Waals surface area contributed by atoms with E-state index in [1.54, 1.807) is 30.3 Å². The molecular formula is C16H18N2O2S. The predicted molar refractivity (Wildman–Crippen MR) is 86.0 cm³/mol. The zero-order valence-electron chi connectivity index (χ0n) is 11.9. The minimum atomic E-state index is -0.159. The van der Waals surface area contributed by atoms with E-state index in [0.717, 1.165) is 12.8 Å². The molecular weight excluding hydrogens is 284 g/mol.